The van der Waals surface area contributed by atoms with Crippen molar-refractivity contribution in [1.82, 2.24) is 4.90 Å². The largest absolute Gasteiger partial charge is 0.481 e. The van der Waals surface area contributed by atoms with Gasteiger partial charge in [-0.05, 0) is 43.9 Å². The quantitative estimate of drug-likeness (QED) is 0.933. The van der Waals surface area contributed by atoms with Gasteiger partial charge in [-0.25, -0.2) is 4.39 Å². The van der Waals surface area contributed by atoms with Gasteiger partial charge in [0.2, 0.25) is 5.91 Å². The maximum atomic E-state index is 13.1. The number of carbonyl (C=O) groups is 2. The van der Waals surface area contributed by atoms with Crippen LogP contribution in [0.2, 0.25) is 0 Å². The molecule has 1 aromatic carbocycles. The van der Waals surface area contributed by atoms with Crippen LogP contribution in [0.5, 0.6) is 0 Å². The second kappa shape index (κ2) is 5.07. The van der Waals surface area contributed by atoms with Crippen LogP contribution in [0.25, 0.3) is 0 Å². The predicted molar refractivity (Wildman–Crippen MR) is 78.9 cm³/mol. The van der Waals surface area contributed by atoms with E-state index in [9.17, 15) is 19.1 Å². The van der Waals surface area contributed by atoms with Gasteiger partial charge in [0.1, 0.15) is 5.82 Å². The highest BCUT2D eigenvalue weighted by Gasteiger charge is 2.51. The molecule has 1 N–H and O–H groups in total. The number of amides is 1. The van der Waals surface area contributed by atoms with Crippen LogP contribution in [0.3, 0.4) is 0 Å². The number of halogens is 1. The van der Waals surface area contributed by atoms with Crippen molar-refractivity contribution in [2.75, 3.05) is 13.1 Å². The van der Waals surface area contributed by atoms with Gasteiger partial charge in [-0.2, -0.15) is 0 Å². The summed E-state index contributed by atoms with van der Waals surface area (Å²) >= 11 is 0. The van der Waals surface area contributed by atoms with E-state index in [2.05, 4.69) is 0 Å². The van der Waals surface area contributed by atoms with Gasteiger partial charge in [0.05, 0.1) is 10.8 Å². The summed E-state index contributed by atoms with van der Waals surface area (Å²) in [5, 5.41) is 9.31. The van der Waals surface area contributed by atoms with E-state index in [1.807, 2.05) is 0 Å². The number of carbonyl (C=O) groups excluding carboxylic acids is 1. The van der Waals surface area contributed by atoms with Crippen LogP contribution < -0.4 is 0 Å². The minimum atomic E-state index is -0.858. The molecule has 0 unspecified atom stereocenters. The molecule has 0 radical (unpaired) electrons. The highest BCUT2D eigenvalue weighted by Crippen LogP contribution is 2.46. The Bertz CT molecular complexity index is 609. The lowest BCUT2D eigenvalue weighted by molar-refractivity contribution is -0.148. The summed E-state index contributed by atoms with van der Waals surface area (Å²) in [7, 11) is 0. The summed E-state index contributed by atoms with van der Waals surface area (Å²) in [5.74, 6) is -1.17. The molecule has 2 fully saturated rings. The predicted octanol–water partition coefficient (Wildman–Crippen LogP) is 2.57. The molecule has 118 valence electrons. The fourth-order valence-electron chi connectivity index (χ4n) is 3.54. The first-order valence-corrected chi connectivity index (χ1v) is 7.66. The third kappa shape index (κ3) is 2.19. The minimum Gasteiger partial charge on any atom is -0.481 e. The van der Waals surface area contributed by atoms with E-state index in [0.29, 0.717) is 13.0 Å². The maximum Gasteiger partial charge on any atom is 0.311 e. The Morgan fingerprint density at radius 3 is 2.27 bits per heavy atom. The Morgan fingerprint density at radius 1 is 1.18 bits per heavy atom. The molecule has 5 heteroatoms. The number of carboxylic acids is 1. The Balaban J connectivity index is 1.84. The summed E-state index contributed by atoms with van der Waals surface area (Å²) in [5.41, 5.74) is -0.602. The zero-order chi connectivity index (χ0) is 16.0. The second-order valence-corrected chi connectivity index (χ2v) is 6.79. The van der Waals surface area contributed by atoms with Crippen LogP contribution in [0.4, 0.5) is 4.39 Å². The van der Waals surface area contributed by atoms with Gasteiger partial charge in [-0.15, -0.1) is 0 Å². The van der Waals surface area contributed by atoms with Crippen LogP contribution in [0, 0.1) is 11.2 Å². The van der Waals surface area contributed by atoms with Crippen LogP contribution in [-0.2, 0) is 15.0 Å². The monoisotopic (exact) mass is 305 g/mol. The van der Waals surface area contributed by atoms with Gasteiger partial charge in [0, 0.05) is 13.1 Å². The molecule has 4 nitrogen and oxygen atoms in total. The number of benzene rings is 1. The van der Waals surface area contributed by atoms with Crippen molar-refractivity contribution in [3.63, 3.8) is 0 Å². The third-order valence-corrected chi connectivity index (χ3v) is 5.29. The number of carboxylic acid groups (broad SMARTS) is 1. The first kappa shape index (κ1) is 15.0. The van der Waals surface area contributed by atoms with E-state index in [1.54, 1.807) is 24.0 Å². The Hall–Kier alpha value is -1.91. The summed E-state index contributed by atoms with van der Waals surface area (Å²) in [4.78, 5) is 26.0. The Labute approximate surface area is 128 Å². The third-order valence-electron chi connectivity index (χ3n) is 5.29. The van der Waals surface area contributed by atoms with E-state index < -0.39 is 16.8 Å². The lowest BCUT2D eigenvalue weighted by Crippen LogP contribution is -2.51. The van der Waals surface area contributed by atoms with Gasteiger partial charge in [-0.1, -0.05) is 18.6 Å². The molecular formula is C17H20FNO3. The molecule has 1 heterocycles. The molecule has 1 atom stereocenters. The normalized spacial score (nSPS) is 26.5. The fourth-order valence-corrected chi connectivity index (χ4v) is 3.54. The molecule has 1 aliphatic heterocycles. The van der Waals surface area contributed by atoms with Gasteiger partial charge in [-0.3, -0.25) is 9.59 Å². The average molecular weight is 305 g/mol. The molecule has 1 saturated heterocycles. The van der Waals surface area contributed by atoms with E-state index >= 15 is 0 Å². The zero-order valence-electron chi connectivity index (χ0n) is 12.6. The van der Waals surface area contributed by atoms with Gasteiger partial charge in [0.25, 0.3) is 0 Å². The van der Waals surface area contributed by atoms with Gasteiger partial charge < -0.3 is 10.0 Å². The van der Waals surface area contributed by atoms with E-state index in [1.165, 1.54) is 12.1 Å². The molecule has 0 bridgehead atoms. The number of hydrogen-bond acceptors (Lipinski definition) is 2. The molecule has 22 heavy (non-hydrogen) atoms. The average Bonchev–Trinajstić information content (AvgIpc) is 2.84. The summed E-state index contributed by atoms with van der Waals surface area (Å²) in [6, 6.07) is 6.12. The summed E-state index contributed by atoms with van der Waals surface area (Å²) < 4.78 is 13.1. The number of nitrogens with zero attached hydrogens (tertiary/aromatic N) is 1. The maximum absolute atomic E-state index is 13.1. The zero-order valence-corrected chi connectivity index (χ0v) is 12.6. The van der Waals surface area contributed by atoms with Crippen LogP contribution >= 0.6 is 0 Å². The molecular weight excluding hydrogens is 285 g/mol. The fraction of sp³-hybridized carbons (Fsp3) is 0.529. The van der Waals surface area contributed by atoms with Crippen molar-refractivity contribution in [2.24, 2.45) is 5.41 Å². The molecule has 2 aliphatic rings. The van der Waals surface area contributed by atoms with Gasteiger partial charge in [0.15, 0.2) is 0 Å². The molecule has 0 aromatic heterocycles. The van der Waals surface area contributed by atoms with E-state index in [0.717, 1.165) is 24.8 Å². The number of rotatable bonds is 3. The number of hydrogen-bond donors (Lipinski definition) is 1. The lowest BCUT2D eigenvalue weighted by atomic mass is 9.63. The molecule has 3 rings (SSSR count). The Morgan fingerprint density at radius 2 is 1.82 bits per heavy atom. The van der Waals surface area contributed by atoms with Gasteiger partial charge >= 0.3 is 5.97 Å². The minimum absolute atomic E-state index is 0.00432. The lowest BCUT2D eigenvalue weighted by Gasteiger charge is -2.43. The highest BCUT2D eigenvalue weighted by molar-refractivity contribution is 5.90. The van der Waals surface area contributed by atoms with Crippen molar-refractivity contribution in [3.8, 4) is 0 Å². The van der Waals surface area contributed by atoms with E-state index in [-0.39, 0.29) is 18.3 Å². The highest BCUT2D eigenvalue weighted by atomic mass is 19.1. The molecule has 1 aliphatic carbocycles. The Kier molecular flexibility index (Phi) is 3.46. The molecule has 0 spiro atoms. The number of likely N-dealkylation sites (tertiary alicyclic amines) is 1. The molecule has 1 amide bonds. The SMILES string of the molecule is C[C@@]1(C(=O)O)CCN(C(=O)C2(c3ccc(F)cc3)CCC2)C1. The molecule has 1 aromatic rings. The van der Waals surface area contributed by atoms with Crippen LogP contribution in [0.15, 0.2) is 24.3 Å². The standard InChI is InChI=1S/C17H20FNO3/c1-16(15(21)22)9-10-19(11-16)14(20)17(7-2-8-17)12-3-5-13(18)6-4-12/h3-6H,2,7-11H2,1H3,(H,21,22)/t16-/m1/s1. The van der Waals surface area contributed by atoms with E-state index in [4.69, 9.17) is 0 Å². The van der Waals surface area contributed by atoms with Crippen molar-refractivity contribution >= 4 is 11.9 Å². The van der Waals surface area contributed by atoms with Crippen molar-refractivity contribution in [2.45, 2.75) is 38.0 Å². The number of aliphatic carboxylic acids is 1. The van der Waals surface area contributed by atoms with Crippen LogP contribution in [-0.4, -0.2) is 35.0 Å². The second-order valence-electron chi connectivity index (χ2n) is 6.79. The summed E-state index contributed by atoms with van der Waals surface area (Å²) in [6.45, 7) is 2.42. The topological polar surface area (TPSA) is 57.6 Å². The first-order valence-electron chi connectivity index (χ1n) is 7.66. The smallest absolute Gasteiger partial charge is 0.311 e. The molecule has 1 saturated carbocycles. The van der Waals surface area contributed by atoms with Crippen molar-refractivity contribution in [3.05, 3.63) is 35.6 Å². The van der Waals surface area contributed by atoms with Crippen LogP contribution in [0.1, 0.15) is 38.2 Å². The van der Waals surface area contributed by atoms with Crippen molar-refractivity contribution < 1.29 is 19.1 Å². The van der Waals surface area contributed by atoms with Crippen molar-refractivity contribution in [1.29, 1.82) is 0 Å². The first-order chi connectivity index (χ1) is 10.4. The summed E-state index contributed by atoms with van der Waals surface area (Å²) in [6.07, 6.45) is 2.94.